The molecule has 8 nitrogen and oxygen atoms in total. The number of aryl methyl sites for hydroxylation is 1. The molecule has 2 aromatic heterocycles. The first-order valence-corrected chi connectivity index (χ1v) is 13.8. The average molecular weight is 537 g/mol. The molecular formula is C32H36N6O2. The number of carbonyl (C=O) groups excluding carboxylic acids is 2. The normalized spacial score (nSPS) is 10.6. The maximum atomic E-state index is 12.7. The highest BCUT2D eigenvalue weighted by Gasteiger charge is 2.16. The lowest BCUT2D eigenvalue weighted by Crippen LogP contribution is -2.40. The first-order valence-electron chi connectivity index (χ1n) is 13.8. The molecule has 2 aromatic carbocycles. The Kier molecular flexibility index (Phi) is 9.89. The number of amides is 2. The summed E-state index contributed by atoms with van der Waals surface area (Å²) in [5.74, 6) is 7.91. The second-order valence-electron chi connectivity index (χ2n) is 9.59. The third-order valence-corrected chi connectivity index (χ3v) is 6.44. The molecule has 0 fully saturated rings. The van der Waals surface area contributed by atoms with Crippen LogP contribution in [0.5, 0.6) is 0 Å². The summed E-state index contributed by atoms with van der Waals surface area (Å²) in [6, 6.07) is 16.1. The van der Waals surface area contributed by atoms with Gasteiger partial charge in [0.2, 0.25) is 11.8 Å². The van der Waals surface area contributed by atoms with Gasteiger partial charge in [0, 0.05) is 30.5 Å². The van der Waals surface area contributed by atoms with Gasteiger partial charge in [-0.1, -0.05) is 56.9 Å². The zero-order chi connectivity index (χ0) is 28.3. The molecule has 0 aliphatic rings. The van der Waals surface area contributed by atoms with Crippen molar-refractivity contribution in [1.29, 1.82) is 0 Å². The van der Waals surface area contributed by atoms with Gasteiger partial charge in [-0.15, -0.1) is 0 Å². The van der Waals surface area contributed by atoms with Crippen molar-refractivity contribution in [2.75, 3.05) is 13.1 Å². The topological polar surface area (TPSA) is 107 Å². The van der Waals surface area contributed by atoms with E-state index < -0.39 is 0 Å². The molecule has 0 spiro atoms. The van der Waals surface area contributed by atoms with Crippen LogP contribution >= 0.6 is 0 Å². The molecule has 0 aliphatic carbocycles. The van der Waals surface area contributed by atoms with Gasteiger partial charge in [-0.3, -0.25) is 9.59 Å². The van der Waals surface area contributed by atoms with Crippen molar-refractivity contribution in [3.8, 4) is 34.4 Å². The number of nitrogens with zero attached hydrogens (tertiary/aromatic N) is 3. The fourth-order valence-corrected chi connectivity index (χ4v) is 4.23. The summed E-state index contributed by atoms with van der Waals surface area (Å²) in [6.45, 7) is 6.99. The van der Waals surface area contributed by atoms with Gasteiger partial charge in [-0.25, -0.2) is 9.97 Å². The number of carbonyl (C=O) groups is 2. The van der Waals surface area contributed by atoms with E-state index in [9.17, 15) is 9.59 Å². The maximum absolute atomic E-state index is 12.7. The molecule has 0 unspecified atom stereocenters. The number of benzene rings is 2. The smallest absolute Gasteiger partial charge is 0.242 e. The van der Waals surface area contributed by atoms with E-state index in [1.165, 1.54) is 0 Å². The van der Waals surface area contributed by atoms with Gasteiger partial charge < -0.3 is 20.2 Å². The van der Waals surface area contributed by atoms with Crippen LogP contribution in [0, 0.1) is 11.8 Å². The summed E-state index contributed by atoms with van der Waals surface area (Å²) in [7, 11) is 0. The highest BCUT2D eigenvalue weighted by Crippen LogP contribution is 2.19. The van der Waals surface area contributed by atoms with Crippen molar-refractivity contribution in [2.24, 2.45) is 0 Å². The minimum Gasteiger partial charge on any atom is -0.347 e. The summed E-state index contributed by atoms with van der Waals surface area (Å²) >= 11 is 0. The van der Waals surface area contributed by atoms with Crippen molar-refractivity contribution in [1.82, 2.24) is 30.2 Å². The lowest BCUT2D eigenvalue weighted by molar-refractivity contribution is -0.133. The number of rotatable bonds is 11. The summed E-state index contributed by atoms with van der Waals surface area (Å²) in [6.07, 6.45) is 6.51. The second-order valence-corrected chi connectivity index (χ2v) is 9.59. The fraction of sp³-hybridized carbons (Fsp3) is 0.312. The van der Waals surface area contributed by atoms with Gasteiger partial charge in [-0.2, -0.15) is 0 Å². The minimum absolute atomic E-state index is 0.00307. The number of imidazole rings is 2. The third kappa shape index (κ3) is 7.70. The van der Waals surface area contributed by atoms with E-state index in [4.69, 9.17) is 0 Å². The molecule has 2 heterocycles. The summed E-state index contributed by atoms with van der Waals surface area (Å²) in [5.41, 5.74) is 5.81. The highest BCUT2D eigenvalue weighted by atomic mass is 16.2. The van der Waals surface area contributed by atoms with E-state index in [2.05, 4.69) is 44.0 Å². The average Bonchev–Trinajstić information content (AvgIpc) is 3.65. The minimum atomic E-state index is -0.117. The van der Waals surface area contributed by atoms with Crippen LogP contribution in [0.3, 0.4) is 0 Å². The van der Waals surface area contributed by atoms with Crippen molar-refractivity contribution in [3.63, 3.8) is 0 Å². The van der Waals surface area contributed by atoms with Crippen molar-refractivity contribution in [3.05, 3.63) is 83.7 Å². The number of hydrogen-bond acceptors (Lipinski definition) is 4. The van der Waals surface area contributed by atoms with Gasteiger partial charge in [0.05, 0.1) is 36.9 Å². The Balaban J connectivity index is 1.36. The van der Waals surface area contributed by atoms with Crippen molar-refractivity contribution < 1.29 is 9.59 Å². The van der Waals surface area contributed by atoms with Gasteiger partial charge in [0.1, 0.15) is 11.6 Å². The highest BCUT2D eigenvalue weighted by molar-refractivity contribution is 5.84. The van der Waals surface area contributed by atoms with E-state index in [-0.39, 0.29) is 18.4 Å². The monoisotopic (exact) mass is 536 g/mol. The molecule has 0 saturated heterocycles. The van der Waals surface area contributed by atoms with E-state index in [0.29, 0.717) is 25.3 Å². The van der Waals surface area contributed by atoms with Crippen LogP contribution < -0.4 is 5.32 Å². The van der Waals surface area contributed by atoms with E-state index in [1.807, 2.05) is 68.6 Å². The van der Waals surface area contributed by atoms with Gasteiger partial charge in [-0.05, 0) is 48.2 Å². The quantitative estimate of drug-likeness (QED) is 0.232. The second kappa shape index (κ2) is 13.9. The number of aromatic nitrogens is 4. The predicted molar refractivity (Wildman–Crippen MR) is 157 cm³/mol. The number of aromatic amines is 2. The summed E-state index contributed by atoms with van der Waals surface area (Å²) in [5, 5.41) is 2.70. The summed E-state index contributed by atoms with van der Waals surface area (Å²) < 4.78 is 0. The van der Waals surface area contributed by atoms with E-state index in [1.54, 1.807) is 11.1 Å². The molecular weight excluding hydrogens is 500 g/mol. The first kappa shape index (κ1) is 28.4. The van der Waals surface area contributed by atoms with Crippen molar-refractivity contribution in [2.45, 2.75) is 53.0 Å². The number of hydrogen-bond donors (Lipinski definition) is 3. The summed E-state index contributed by atoms with van der Waals surface area (Å²) in [4.78, 5) is 41.6. The van der Waals surface area contributed by atoms with Gasteiger partial charge in [0.15, 0.2) is 0 Å². The molecule has 40 heavy (non-hydrogen) atoms. The zero-order valence-electron chi connectivity index (χ0n) is 23.4. The van der Waals surface area contributed by atoms with Crippen LogP contribution in [0.1, 0.15) is 62.8 Å². The largest absolute Gasteiger partial charge is 0.347 e. The molecule has 2 amide bonds. The fourth-order valence-electron chi connectivity index (χ4n) is 4.23. The predicted octanol–water partition coefficient (Wildman–Crippen LogP) is 5.08. The van der Waals surface area contributed by atoms with Crippen LogP contribution in [0.15, 0.2) is 60.9 Å². The Morgan fingerprint density at radius 1 is 0.800 bits per heavy atom. The maximum Gasteiger partial charge on any atom is 0.242 e. The van der Waals surface area contributed by atoms with Crippen LogP contribution in [-0.4, -0.2) is 49.7 Å². The lowest BCUT2D eigenvalue weighted by atomic mass is 10.1. The molecule has 0 aliphatic heterocycles. The standard InChI is InChI=1S/C32H36N6O2/c1-4-7-31(39)35-21-32(40)38(18-5-2)22-30-34-20-28(37-30)26-16-12-24(13-17-26)9-8-23-10-14-25(15-11-23)27-19-33-29(6-3)36-27/h10-17,19-20H,4-7,18,21-22H2,1-3H3,(H,33,36)(H,34,37)(H,35,39). The molecule has 4 aromatic rings. The van der Waals surface area contributed by atoms with Gasteiger partial charge in [0.25, 0.3) is 0 Å². The molecule has 3 N–H and O–H groups in total. The van der Waals surface area contributed by atoms with Crippen LogP contribution in [0.25, 0.3) is 22.5 Å². The van der Waals surface area contributed by atoms with Gasteiger partial charge >= 0.3 is 0 Å². The Morgan fingerprint density at radius 3 is 1.85 bits per heavy atom. The lowest BCUT2D eigenvalue weighted by Gasteiger charge is -2.21. The van der Waals surface area contributed by atoms with Crippen LogP contribution in [0.2, 0.25) is 0 Å². The first-order chi connectivity index (χ1) is 19.5. The van der Waals surface area contributed by atoms with Crippen molar-refractivity contribution >= 4 is 11.8 Å². The van der Waals surface area contributed by atoms with E-state index >= 15 is 0 Å². The third-order valence-electron chi connectivity index (χ3n) is 6.44. The SMILES string of the molecule is CCCC(=O)NCC(=O)N(CCC)Cc1ncc(-c2ccc(C#Cc3ccc(-c4cnc(CC)[nH]4)cc3)cc2)[nH]1. The molecule has 0 saturated carbocycles. The molecule has 206 valence electrons. The Bertz CT molecular complexity index is 1470. The zero-order valence-corrected chi connectivity index (χ0v) is 23.4. The molecule has 0 bridgehead atoms. The van der Waals surface area contributed by atoms with E-state index in [0.717, 1.165) is 58.7 Å². The Hall–Kier alpha value is -4.64. The number of nitrogens with one attached hydrogen (secondary N) is 3. The number of H-pyrrole nitrogens is 2. The molecule has 0 atom stereocenters. The molecule has 8 heteroatoms. The Morgan fingerprint density at radius 2 is 1.35 bits per heavy atom. The van der Waals surface area contributed by atoms with Crippen LogP contribution in [-0.2, 0) is 22.6 Å². The molecule has 0 radical (unpaired) electrons. The molecule has 4 rings (SSSR count). The van der Waals surface area contributed by atoms with Crippen LogP contribution in [0.4, 0.5) is 0 Å². The Labute approximate surface area is 235 Å².